The van der Waals surface area contributed by atoms with Gasteiger partial charge in [0, 0.05) is 13.1 Å². The molecule has 0 aromatic heterocycles. The molecule has 19 heavy (non-hydrogen) atoms. The van der Waals surface area contributed by atoms with Gasteiger partial charge >= 0.3 is 0 Å². The predicted octanol–water partition coefficient (Wildman–Crippen LogP) is 3.12. The van der Waals surface area contributed by atoms with Crippen LogP contribution in [0.4, 0.5) is 4.39 Å². The number of halogens is 3. The summed E-state index contributed by atoms with van der Waals surface area (Å²) in [6.07, 6.45) is 1.34. The SMILES string of the molecule is CC1(O)CCCN(C(=O)c2cc(F)c(Cl)cc2Cl)C1. The highest BCUT2D eigenvalue weighted by Gasteiger charge is 2.32. The molecule has 1 aliphatic rings. The van der Waals surface area contributed by atoms with Crippen LogP contribution in [0.2, 0.25) is 10.0 Å². The highest BCUT2D eigenvalue weighted by atomic mass is 35.5. The average Bonchev–Trinajstić information content (AvgIpc) is 2.31. The van der Waals surface area contributed by atoms with Gasteiger partial charge in [0.2, 0.25) is 0 Å². The molecule has 1 fully saturated rings. The first kappa shape index (κ1) is 14.6. The first-order chi connectivity index (χ1) is 8.80. The van der Waals surface area contributed by atoms with E-state index < -0.39 is 11.4 Å². The zero-order valence-corrected chi connectivity index (χ0v) is 11.9. The first-order valence-electron chi connectivity index (χ1n) is 5.96. The van der Waals surface area contributed by atoms with Gasteiger partial charge in [-0.05, 0) is 31.9 Å². The summed E-state index contributed by atoms with van der Waals surface area (Å²) in [4.78, 5) is 13.8. The molecule has 104 valence electrons. The second-order valence-electron chi connectivity index (χ2n) is 5.07. The molecule has 0 radical (unpaired) electrons. The summed E-state index contributed by atoms with van der Waals surface area (Å²) in [5, 5.41) is 9.98. The van der Waals surface area contributed by atoms with E-state index in [-0.39, 0.29) is 28.1 Å². The molecule has 3 nitrogen and oxygen atoms in total. The molecule has 1 aliphatic heterocycles. The van der Waals surface area contributed by atoms with Crippen molar-refractivity contribution in [2.75, 3.05) is 13.1 Å². The summed E-state index contributed by atoms with van der Waals surface area (Å²) in [6, 6.07) is 2.25. The molecule has 1 N–H and O–H groups in total. The minimum Gasteiger partial charge on any atom is -0.388 e. The van der Waals surface area contributed by atoms with E-state index in [1.54, 1.807) is 6.92 Å². The number of hydrogen-bond acceptors (Lipinski definition) is 2. The Kier molecular flexibility index (Phi) is 4.04. The largest absolute Gasteiger partial charge is 0.388 e. The number of carbonyl (C=O) groups is 1. The van der Waals surface area contributed by atoms with E-state index in [9.17, 15) is 14.3 Å². The monoisotopic (exact) mass is 305 g/mol. The van der Waals surface area contributed by atoms with Crippen LogP contribution in [0, 0.1) is 5.82 Å². The standard InChI is InChI=1S/C13H14Cl2FNO2/c1-13(19)3-2-4-17(7-13)12(18)8-5-11(16)10(15)6-9(8)14/h5-6,19H,2-4,7H2,1H3. The Labute approximate surface area is 120 Å². The Hall–Kier alpha value is -0.840. The number of aliphatic hydroxyl groups is 1. The normalized spacial score (nSPS) is 23.5. The summed E-state index contributed by atoms with van der Waals surface area (Å²) in [6.45, 7) is 2.42. The fourth-order valence-corrected chi connectivity index (χ4v) is 2.71. The van der Waals surface area contributed by atoms with Gasteiger partial charge < -0.3 is 10.0 Å². The van der Waals surface area contributed by atoms with E-state index in [1.807, 2.05) is 0 Å². The zero-order valence-electron chi connectivity index (χ0n) is 10.4. The summed E-state index contributed by atoms with van der Waals surface area (Å²) < 4.78 is 13.4. The maximum absolute atomic E-state index is 13.4. The van der Waals surface area contributed by atoms with Crippen LogP contribution < -0.4 is 0 Å². The summed E-state index contributed by atoms with van der Waals surface area (Å²) >= 11 is 11.5. The van der Waals surface area contributed by atoms with Crippen molar-refractivity contribution in [3.8, 4) is 0 Å². The van der Waals surface area contributed by atoms with Crippen LogP contribution in [0.1, 0.15) is 30.1 Å². The van der Waals surface area contributed by atoms with Crippen molar-refractivity contribution in [1.82, 2.24) is 4.90 Å². The Morgan fingerprint density at radius 3 is 2.74 bits per heavy atom. The van der Waals surface area contributed by atoms with Crippen LogP contribution in [-0.4, -0.2) is 34.6 Å². The van der Waals surface area contributed by atoms with Crippen LogP contribution in [0.5, 0.6) is 0 Å². The van der Waals surface area contributed by atoms with Gasteiger partial charge in [0.1, 0.15) is 5.82 Å². The summed E-state index contributed by atoms with van der Waals surface area (Å²) in [5.74, 6) is -1.07. The first-order valence-corrected chi connectivity index (χ1v) is 6.72. The number of amides is 1. The molecule has 0 saturated carbocycles. The van der Waals surface area contributed by atoms with Crippen molar-refractivity contribution in [2.24, 2.45) is 0 Å². The molecule has 1 aromatic carbocycles. The van der Waals surface area contributed by atoms with E-state index in [0.717, 1.165) is 6.07 Å². The second kappa shape index (κ2) is 5.27. The third-order valence-electron chi connectivity index (χ3n) is 3.20. The molecule has 0 aliphatic carbocycles. The molecule has 1 atom stereocenters. The van der Waals surface area contributed by atoms with Crippen molar-refractivity contribution in [3.63, 3.8) is 0 Å². The Balaban J connectivity index is 2.27. The van der Waals surface area contributed by atoms with Crippen LogP contribution in [0.3, 0.4) is 0 Å². The fourth-order valence-electron chi connectivity index (χ4n) is 2.25. The van der Waals surface area contributed by atoms with Crippen LogP contribution in [0.15, 0.2) is 12.1 Å². The lowest BCUT2D eigenvalue weighted by molar-refractivity contribution is -0.0107. The second-order valence-corrected chi connectivity index (χ2v) is 5.89. The minimum absolute atomic E-state index is 0.0706. The smallest absolute Gasteiger partial charge is 0.255 e. The summed E-state index contributed by atoms with van der Waals surface area (Å²) in [5.41, 5.74) is -0.841. The molecule has 0 spiro atoms. The number of rotatable bonds is 1. The van der Waals surface area contributed by atoms with E-state index in [2.05, 4.69) is 0 Å². The lowest BCUT2D eigenvalue weighted by Gasteiger charge is -2.37. The van der Waals surface area contributed by atoms with Gasteiger partial charge in [0.15, 0.2) is 0 Å². The molecule has 1 heterocycles. The quantitative estimate of drug-likeness (QED) is 0.810. The molecule has 1 unspecified atom stereocenters. The molecule has 1 saturated heterocycles. The van der Waals surface area contributed by atoms with Crippen LogP contribution >= 0.6 is 23.2 Å². The molecule has 0 bridgehead atoms. The highest BCUT2D eigenvalue weighted by molar-refractivity contribution is 6.36. The zero-order chi connectivity index (χ0) is 14.2. The number of piperidine rings is 1. The van der Waals surface area contributed by atoms with Gasteiger partial charge in [-0.2, -0.15) is 0 Å². The number of nitrogens with zero attached hydrogens (tertiary/aromatic N) is 1. The van der Waals surface area contributed by atoms with Crippen molar-refractivity contribution in [2.45, 2.75) is 25.4 Å². The lowest BCUT2D eigenvalue weighted by atomic mass is 9.94. The average molecular weight is 306 g/mol. The maximum atomic E-state index is 13.4. The third-order valence-corrected chi connectivity index (χ3v) is 3.80. The summed E-state index contributed by atoms with van der Waals surface area (Å²) in [7, 11) is 0. The Morgan fingerprint density at radius 2 is 2.11 bits per heavy atom. The molecule has 2 rings (SSSR count). The molecule has 1 amide bonds. The molecular formula is C13H14Cl2FNO2. The van der Waals surface area contributed by atoms with E-state index >= 15 is 0 Å². The number of β-amino-alcohol motifs (C(OH)–C–C–N with tert-alkyl or cyclic N) is 1. The van der Waals surface area contributed by atoms with Gasteiger partial charge in [-0.25, -0.2) is 4.39 Å². The highest BCUT2D eigenvalue weighted by Crippen LogP contribution is 2.27. The van der Waals surface area contributed by atoms with Crippen molar-refractivity contribution in [3.05, 3.63) is 33.6 Å². The molecule has 1 aromatic rings. The van der Waals surface area contributed by atoms with Crippen LogP contribution in [-0.2, 0) is 0 Å². The van der Waals surface area contributed by atoms with E-state index in [1.165, 1.54) is 11.0 Å². The number of likely N-dealkylation sites (tertiary alicyclic amines) is 1. The van der Waals surface area contributed by atoms with E-state index in [4.69, 9.17) is 23.2 Å². The van der Waals surface area contributed by atoms with Gasteiger partial charge in [-0.3, -0.25) is 4.79 Å². The topological polar surface area (TPSA) is 40.5 Å². The lowest BCUT2D eigenvalue weighted by Crippen LogP contribution is -2.48. The molecule has 6 heteroatoms. The van der Waals surface area contributed by atoms with Gasteiger partial charge in [0.05, 0.1) is 21.2 Å². The number of carbonyl (C=O) groups excluding carboxylic acids is 1. The van der Waals surface area contributed by atoms with E-state index in [0.29, 0.717) is 19.4 Å². The van der Waals surface area contributed by atoms with Gasteiger partial charge in [0.25, 0.3) is 5.91 Å². The Bertz CT molecular complexity index is 520. The van der Waals surface area contributed by atoms with Gasteiger partial charge in [-0.1, -0.05) is 23.2 Å². The predicted molar refractivity (Wildman–Crippen MR) is 72.2 cm³/mol. The third kappa shape index (κ3) is 3.19. The minimum atomic E-state index is -0.911. The number of hydrogen-bond donors (Lipinski definition) is 1. The Morgan fingerprint density at radius 1 is 1.42 bits per heavy atom. The van der Waals surface area contributed by atoms with Gasteiger partial charge in [-0.15, -0.1) is 0 Å². The van der Waals surface area contributed by atoms with Crippen molar-refractivity contribution in [1.29, 1.82) is 0 Å². The van der Waals surface area contributed by atoms with Crippen molar-refractivity contribution < 1.29 is 14.3 Å². The van der Waals surface area contributed by atoms with Crippen molar-refractivity contribution >= 4 is 29.1 Å². The molecular weight excluding hydrogens is 292 g/mol. The van der Waals surface area contributed by atoms with Crippen LogP contribution in [0.25, 0.3) is 0 Å². The maximum Gasteiger partial charge on any atom is 0.255 e. The fraction of sp³-hybridized carbons (Fsp3) is 0.462. The number of benzene rings is 1.